The van der Waals surface area contributed by atoms with Crippen molar-refractivity contribution in [3.63, 3.8) is 0 Å². The molecule has 0 bridgehead atoms. The lowest BCUT2D eigenvalue weighted by Gasteiger charge is -2.13. The van der Waals surface area contributed by atoms with Gasteiger partial charge in [-0.1, -0.05) is 6.08 Å². The third-order valence-corrected chi connectivity index (χ3v) is 1.15. The number of hydrogen-bond acceptors (Lipinski definition) is 1. The molecule has 52 valence electrons. The van der Waals surface area contributed by atoms with Crippen LogP contribution in [0.2, 0.25) is 0 Å². The summed E-state index contributed by atoms with van der Waals surface area (Å²) in [4.78, 5) is 0. The van der Waals surface area contributed by atoms with E-state index in [1.807, 2.05) is 0 Å². The molecule has 0 radical (unpaired) electrons. The quantitative estimate of drug-likeness (QED) is 0.495. The average molecular weight is 137 g/mol. The van der Waals surface area contributed by atoms with Crippen molar-refractivity contribution in [3.8, 4) is 0 Å². The molecule has 0 aliphatic carbocycles. The normalized spacial score (nSPS) is 20.1. The largest absolute Gasteiger partial charge is 0.507 e. The van der Waals surface area contributed by atoms with E-state index in [9.17, 15) is 12.9 Å². The smallest absolute Gasteiger partial charge is 0.445 e. The van der Waals surface area contributed by atoms with Crippen LogP contribution in [0.1, 0.15) is 0 Å². The fraction of sp³-hybridized carbons (Fsp3) is 0.500. The predicted octanol–water partition coefficient (Wildman–Crippen LogP) is 1.33. The SMILES string of the molecule is F[B-](F)(F)C1=CCOC1. The van der Waals surface area contributed by atoms with Crippen molar-refractivity contribution in [1.82, 2.24) is 0 Å². The molecule has 0 aromatic heterocycles. The van der Waals surface area contributed by atoms with Gasteiger partial charge in [-0.15, -0.1) is 5.47 Å². The van der Waals surface area contributed by atoms with Crippen LogP contribution in [0, 0.1) is 0 Å². The van der Waals surface area contributed by atoms with E-state index in [0.29, 0.717) is 0 Å². The molecular weight excluding hydrogens is 132 g/mol. The Morgan fingerprint density at radius 1 is 1.44 bits per heavy atom. The molecule has 0 aromatic rings. The van der Waals surface area contributed by atoms with Crippen LogP contribution in [0.15, 0.2) is 11.5 Å². The molecule has 9 heavy (non-hydrogen) atoms. The van der Waals surface area contributed by atoms with E-state index >= 15 is 0 Å². The lowest BCUT2D eigenvalue weighted by atomic mass is 9.80. The van der Waals surface area contributed by atoms with Crippen LogP contribution in [0.25, 0.3) is 0 Å². The number of hydrogen-bond donors (Lipinski definition) is 0. The second kappa shape index (κ2) is 2.06. The topological polar surface area (TPSA) is 9.23 Å². The third-order valence-electron chi connectivity index (χ3n) is 1.15. The fourth-order valence-electron chi connectivity index (χ4n) is 0.630. The minimum Gasteiger partial charge on any atom is -0.445 e. The Morgan fingerprint density at radius 2 is 2.11 bits per heavy atom. The molecule has 0 spiro atoms. The monoisotopic (exact) mass is 137 g/mol. The molecular formula is C4H5BF3O-. The van der Waals surface area contributed by atoms with E-state index < -0.39 is 12.4 Å². The molecule has 0 aromatic carbocycles. The molecule has 1 heterocycles. The summed E-state index contributed by atoms with van der Waals surface area (Å²) in [6, 6.07) is 0. The average Bonchev–Trinajstić information content (AvgIpc) is 2.08. The Labute approximate surface area is 50.6 Å². The van der Waals surface area contributed by atoms with Gasteiger partial charge in [-0.3, -0.25) is 0 Å². The van der Waals surface area contributed by atoms with Gasteiger partial charge in [0.25, 0.3) is 0 Å². The third kappa shape index (κ3) is 1.48. The van der Waals surface area contributed by atoms with Crippen LogP contribution >= 0.6 is 0 Å². The Morgan fingerprint density at radius 3 is 2.33 bits per heavy atom. The van der Waals surface area contributed by atoms with E-state index in [-0.39, 0.29) is 13.2 Å². The zero-order chi connectivity index (χ0) is 6.91. The first-order valence-corrected chi connectivity index (χ1v) is 2.57. The minimum absolute atomic E-state index is 0.108. The highest BCUT2D eigenvalue weighted by Gasteiger charge is 2.29. The summed E-state index contributed by atoms with van der Waals surface area (Å²) >= 11 is 0. The highest BCUT2D eigenvalue weighted by atomic mass is 19.4. The van der Waals surface area contributed by atoms with Crippen molar-refractivity contribution < 1.29 is 17.7 Å². The lowest BCUT2D eigenvalue weighted by molar-refractivity contribution is 0.208. The van der Waals surface area contributed by atoms with Gasteiger partial charge < -0.3 is 17.7 Å². The van der Waals surface area contributed by atoms with E-state index in [4.69, 9.17) is 0 Å². The summed E-state index contributed by atoms with van der Waals surface area (Å²) in [5.74, 6) is 0. The van der Waals surface area contributed by atoms with E-state index in [1.54, 1.807) is 0 Å². The van der Waals surface area contributed by atoms with Crippen molar-refractivity contribution in [1.29, 1.82) is 0 Å². The standard InChI is InChI=1S/C4H5BF3O/c6-5(7,8)4-1-2-9-3-4/h1H,2-3H2/q-1. The van der Waals surface area contributed by atoms with Gasteiger partial charge in [0.1, 0.15) is 0 Å². The van der Waals surface area contributed by atoms with Gasteiger partial charge in [0.05, 0.1) is 6.61 Å². The predicted molar refractivity (Wildman–Crippen MR) is 28.0 cm³/mol. The first kappa shape index (κ1) is 6.67. The van der Waals surface area contributed by atoms with Crippen molar-refractivity contribution in [2.75, 3.05) is 13.2 Å². The van der Waals surface area contributed by atoms with E-state index in [1.165, 1.54) is 0 Å². The summed E-state index contributed by atoms with van der Waals surface area (Å²) in [6.07, 6.45) is 1.08. The van der Waals surface area contributed by atoms with Crippen LogP contribution in [-0.4, -0.2) is 20.2 Å². The lowest BCUT2D eigenvalue weighted by Crippen LogP contribution is -2.20. The molecule has 1 rings (SSSR count). The first-order chi connectivity index (χ1) is 4.11. The van der Waals surface area contributed by atoms with Gasteiger partial charge in [-0.2, -0.15) is 0 Å². The summed E-state index contributed by atoms with van der Waals surface area (Å²) < 4.78 is 39.5. The number of rotatable bonds is 1. The van der Waals surface area contributed by atoms with Gasteiger partial charge >= 0.3 is 6.98 Å². The second-order valence-electron chi connectivity index (χ2n) is 1.87. The Balaban J connectivity index is 2.61. The molecule has 1 aliphatic rings. The molecule has 5 heteroatoms. The van der Waals surface area contributed by atoms with Crippen molar-refractivity contribution in [2.24, 2.45) is 0 Å². The maximum absolute atomic E-state index is 11.7. The van der Waals surface area contributed by atoms with Gasteiger partial charge in [0.2, 0.25) is 0 Å². The maximum Gasteiger partial charge on any atom is 0.507 e. The molecule has 0 unspecified atom stereocenters. The second-order valence-corrected chi connectivity index (χ2v) is 1.87. The summed E-state index contributed by atoms with van der Waals surface area (Å²) in [5.41, 5.74) is -0.505. The molecule has 0 N–H and O–H groups in total. The molecule has 0 saturated carbocycles. The highest BCUT2D eigenvalue weighted by Crippen LogP contribution is 2.22. The van der Waals surface area contributed by atoms with Gasteiger partial charge in [-0.25, -0.2) is 0 Å². The zero-order valence-electron chi connectivity index (χ0n) is 4.61. The fourth-order valence-corrected chi connectivity index (χ4v) is 0.630. The van der Waals surface area contributed by atoms with Crippen LogP contribution in [-0.2, 0) is 4.74 Å². The number of ether oxygens (including phenoxy) is 1. The van der Waals surface area contributed by atoms with Crippen LogP contribution in [0.3, 0.4) is 0 Å². The van der Waals surface area contributed by atoms with Crippen molar-refractivity contribution in [3.05, 3.63) is 11.5 Å². The summed E-state index contributed by atoms with van der Waals surface area (Å²) in [6.45, 7) is -4.92. The van der Waals surface area contributed by atoms with E-state index in [0.717, 1.165) is 6.08 Å². The van der Waals surface area contributed by atoms with Gasteiger partial charge in [0.15, 0.2) is 0 Å². The molecule has 0 fully saturated rings. The Hall–Kier alpha value is -0.445. The summed E-state index contributed by atoms with van der Waals surface area (Å²) in [7, 11) is 0. The molecule has 1 nitrogen and oxygen atoms in total. The molecule has 0 saturated heterocycles. The minimum atomic E-state index is -4.77. The highest BCUT2D eigenvalue weighted by molar-refractivity contribution is 6.67. The molecule has 0 amide bonds. The Bertz CT molecular complexity index is 139. The summed E-state index contributed by atoms with van der Waals surface area (Å²) in [5, 5.41) is 0. The van der Waals surface area contributed by atoms with Crippen LogP contribution in [0.4, 0.5) is 12.9 Å². The van der Waals surface area contributed by atoms with Crippen molar-refractivity contribution >= 4 is 6.98 Å². The molecule has 1 aliphatic heterocycles. The van der Waals surface area contributed by atoms with Crippen LogP contribution in [0.5, 0.6) is 0 Å². The van der Waals surface area contributed by atoms with E-state index in [2.05, 4.69) is 4.74 Å². The maximum atomic E-state index is 11.7. The Kier molecular flexibility index (Phi) is 1.53. The molecule has 0 atom stereocenters. The first-order valence-electron chi connectivity index (χ1n) is 2.57. The van der Waals surface area contributed by atoms with Crippen molar-refractivity contribution in [2.45, 2.75) is 0 Å². The zero-order valence-corrected chi connectivity index (χ0v) is 4.61. The van der Waals surface area contributed by atoms with Gasteiger partial charge in [0, 0.05) is 6.61 Å². The van der Waals surface area contributed by atoms with Crippen LogP contribution < -0.4 is 0 Å². The van der Waals surface area contributed by atoms with Gasteiger partial charge in [-0.05, 0) is 0 Å². The number of halogens is 3.